The fourth-order valence-electron chi connectivity index (χ4n) is 4.41. The molecule has 0 aliphatic carbocycles. The van der Waals surface area contributed by atoms with Gasteiger partial charge in [0.15, 0.2) is 22.7 Å². The SMILES string of the molecule is CCC(C)(C[C@H]1O[C@H](n2cnc3c(Cl)ncnc32)[C@H](O)[C@@H]1O)O[P+]1(O)C(C)C1(O)CC. The smallest absolute Gasteiger partial charge is 0.318 e. The highest BCUT2D eigenvalue weighted by Gasteiger charge is 2.88. The molecule has 2 aromatic heterocycles. The molecule has 2 aromatic rings. The lowest BCUT2D eigenvalue weighted by atomic mass is 9.93. The summed E-state index contributed by atoms with van der Waals surface area (Å²) < 4.78 is 13.7. The average Bonchev–Trinajstić information content (AvgIpc) is 3.10. The first kappa shape index (κ1) is 23.2. The second kappa shape index (κ2) is 7.81. The number of hydrogen-bond donors (Lipinski definition) is 4. The molecule has 0 radical (unpaired) electrons. The first-order valence-electron chi connectivity index (χ1n) is 10.4. The Labute approximate surface area is 185 Å². The van der Waals surface area contributed by atoms with Gasteiger partial charge in [-0.25, -0.2) is 19.8 Å². The summed E-state index contributed by atoms with van der Waals surface area (Å²) in [4.78, 5) is 23.2. The molecule has 2 aliphatic rings. The molecule has 12 heteroatoms. The standard InChI is InChI=1S/C19H29ClN4O6P/c1-5-18(4,30-31(28)10(3)19(31,27)6-2)7-11-13(25)14(26)17(29-11)24-9-23-12-15(20)21-8-22-16(12)24/h8-11,13-14,17,25-28H,5-7H2,1-4H3/q+1/t10?,11-,13-,14-,17+,18?,19?,31?/m1/s1. The number of ether oxygens (including phenoxy) is 1. The van der Waals surface area contributed by atoms with Crippen molar-refractivity contribution in [2.45, 2.75) is 88.1 Å². The van der Waals surface area contributed by atoms with Crippen molar-refractivity contribution in [2.24, 2.45) is 0 Å². The Morgan fingerprint density at radius 2 is 2.00 bits per heavy atom. The van der Waals surface area contributed by atoms with Gasteiger partial charge in [-0.1, -0.05) is 25.4 Å². The monoisotopic (exact) mass is 475 g/mol. The van der Waals surface area contributed by atoms with Gasteiger partial charge in [-0.3, -0.25) is 4.57 Å². The van der Waals surface area contributed by atoms with Crippen LogP contribution in [0, 0.1) is 0 Å². The summed E-state index contributed by atoms with van der Waals surface area (Å²) in [6.07, 6.45) is -0.257. The van der Waals surface area contributed by atoms with E-state index in [1.807, 2.05) is 20.8 Å². The second-order valence-corrected chi connectivity index (χ2v) is 12.0. The van der Waals surface area contributed by atoms with E-state index in [0.29, 0.717) is 24.0 Å². The maximum atomic E-state index is 11.0. The van der Waals surface area contributed by atoms with E-state index in [2.05, 4.69) is 15.0 Å². The predicted molar refractivity (Wildman–Crippen MR) is 114 cm³/mol. The summed E-state index contributed by atoms with van der Waals surface area (Å²) in [6.45, 7) is 7.33. The number of halogens is 1. The zero-order chi connectivity index (χ0) is 22.8. The number of imidazole rings is 1. The van der Waals surface area contributed by atoms with Crippen LogP contribution in [0.1, 0.15) is 53.2 Å². The van der Waals surface area contributed by atoms with Gasteiger partial charge in [-0.15, -0.1) is 0 Å². The molecule has 10 nitrogen and oxygen atoms in total. The highest BCUT2D eigenvalue weighted by molar-refractivity contribution is 7.75. The molecule has 2 aliphatic heterocycles. The van der Waals surface area contributed by atoms with Crippen LogP contribution < -0.4 is 0 Å². The van der Waals surface area contributed by atoms with Gasteiger partial charge in [0.25, 0.3) is 5.34 Å². The molecule has 4 unspecified atom stereocenters. The minimum absolute atomic E-state index is 0.180. The molecular weight excluding hydrogens is 447 g/mol. The molecule has 172 valence electrons. The molecular formula is C19H29ClN4O6P+. The Kier molecular flexibility index (Phi) is 5.85. The second-order valence-electron chi connectivity index (χ2n) is 8.66. The van der Waals surface area contributed by atoms with Gasteiger partial charge in [0.2, 0.25) is 0 Å². The van der Waals surface area contributed by atoms with Gasteiger partial charge in [-0.2, -0.15) is 4.52 Å². The normalized spacial score (nSPS) is 39.7. The van der Waals surface area contributed by atoms with Crippen molar-refractivity contribution in [1.82, 2.24) is 19.5 Å². The van der Waals surface area contributed by atoms with Gasteiger partial charge in [-0.05, 0) is 20.3 Å². The van der Waals surface area contributed by atoms with Crippen LogP contribution >= 0.6 is 19.3 Å². The fourth-order valence-corrected chi connectivity index (χ4v) is 7.88. The highest BCUT2D eigenvalue weighted by atomic mass is 35.5. The van der Waals surface area contributed by atoms with E-state index < -0.39 is 43.2 Å². The molecule has 0 amide bonds. The largest absolute Gasteiger partial charge is 0.388 e. The Bertz CT molecular complexity index is 982. The number of fused-ring (bicyclic) bond motifs is 1. The van der Waals surface area contributed by atoms with Crippen molar-refractivity contribution in [3.05, 3.63) is 17.8 Å². The topological polar surface area (TPSA) is 143 Å². The van der Waals surface area contributed by atoms with Crippen molar-refractivity contribution in [2.75, 3.05) is 0 Å². The van der Waals surface area contributed by atoms with E-state index in [-0.39, 0.29) is 17.2 Å². The zero-order valence-corrected chi connectivity index (χ0v) is 19.5. The number of aromatic nitrogens is 4. The van der Waals surface area contributed by atoms with Crippen LogP contribution in [0.2, 0.25) is 5.15 Å². The van der Waals surface area contributed by atoms with Gasteiger partial charge >= 0.3 is 7.72 Å². The fraction of sp³-hybridized carbons (Fsp3) is 0.737. The van der Waals surface area contributed by atoms with E-state index >= 15 is 0 Å². The first-order chi connectivity index (χ1) is 14.5. The number of aliphatic hydroxyl groups excluding tert-OH is 2. The molecule has 4 heterocycles. The van der Waals surface area contributed by atoms with E-state index in [1.165, 1.54) is 17.2 Å². The van der Waals surface area contributed by atoms with Gasteiger partial charge in [0, 0.05) is 12.8 Å². The van der Waals surface area contributed by atoms with Crippen molar-refractivity contribution >= 4 is 30.5 Å². The molecule has 0 bridgehead atoms. The van der Waals surface area contributed by atoms with Crippen LogP contribution in [0.25, 0.3) is 11.2 Å². The first-order valence-corrected chi connectivity index (χ1v) is 12.5. The Hall–Kier alpha value is -0.970. The molecule has 2 fully saturated rings. The third-order valence-corrected chi connectivity index (χ3v) is 10.9. The van der Waals surface area contributed by atoms with Gasteiger partial charge in [0.05, 0.1) is 12.4 Å². The quantitative estimate of drug-likeness (QED) is 0.349. The minimum Gasteiger partial charge on any atom is -0.388 e. The van der Waals surface area contributed by atoms with Gasteiger partial charge < -0.3 is 20.1 Å². The Balaban J connectivity index is 1.54. The summed E-state index contributed by atoms with van der Waals surface area (Å²) in [5.41, 5.74) is -0.441. The third kappa shape index (κ3) is 3.48. The van der Waals surface area contributed by atoms with Crippen molar-refractivity contribution in [1.29, 1.82) is 0 Å². The number of nitrogens with zero attached hydrogens (tertiary/aromatic N) is 4. The summed E-state index contributed by atoms with van der Waals surface area (Å²) in [7, 11) is -3.00. The molecule has 0 aromatic carbocycles. The summed E-state index contributed by atoms with van der Waals surface area (Å²) in [5.74, 6) is 0. The number of rotatable bonds is 7. The van der Waals surface area contributed by atoms with Crippen molar-refractivity contribution in [3.8, 4) is 0 Å². The van der Waals surface area contributed by atoms with Crippen LogP contribution in [0.3, 0.4) is 0 Å². The maximum absolute atomic E-state index is 11.0. The Morgan fingerprint density at radius 1 is 1.29 bits per heavy atom. The van der Waals surface area contributed by atoms with Crippen molar-refractivity contribution < 1.29 is 29.5 Å². The third-order valence-electron chi connectivity index (χ3n) is 6.87. The van der Waals surface area contributed by atoms with E-state index in [4.69, 9.17) is 20.9 Å². The summed E-state index contributed by atoms with van der Waals surface area (Å²) in [5, 5.41) is 31.0. The average molecular weight is 476 g/mol. The molecule has 2 saturated heterocycles. The van der Waals surface area contributed by atoms with Crippen LogP contribution in [0.5, 0.6) is 0 Å². The van der Waals surface area contributed by atoms with Crippen LogP contribution in [0.4, 0.5) is 0 Å². The van der Waals surface area contributed by atoms with Crippen LogP contribution in [-0.2, 0) is 9.26 Å². The van der Waals surface area contributed by atoms with Crippen LogP contribution in [0.15, 0.2) is 12.7 Å². The molecule has 4 rings (SSSR count). The summed E-state index contributed by atoms with van der Waals surface area (Å²) >= 11 is 6.05. The van der Waals surface area contributed by atoms with Crippen LogP contribution in [-0.4, -0.2) is 74.6 Å². The maximum Gasteiger partial charge on any atom is 0.318 e. The lowest BCUT2D eigenvalue weighted by molar-refractivity contribution is -0.0642. The molecule has 31 heavy (non-hydrogen) atoms. The minimum atomic E-state index is -3.00. The summed E-state index contributed by atoms with van der Waals surface area (Å²) in [6, 6.07) is 0. The lowest BCUT2D eigenvalue weighted by Crippen LogP contribution is -2.38. The lowest BCUT2D eigenvalue weighted by Gasteiger charge is -2.30. The molecule has 0 spiro atoms. The van der Waals surface area contributed by atoms with Crippen molar-refractivity contribution in [3.63, 3.8) is 0 Å². The number of hydrogen-bond acceptors (Lipinski definition) is 9. The molecule has 4 N–H and O–H groups in total. The predicted octanol–water partition coefficient (Wildman–Crippen LogP) is 2.01. The zero-order valence-electron chi connectivity index (χ0n) is 17.9. The number of aliphatic hydroxyl groups is 3. The molecule has 0 saturated carbocycles. The van der Waals surface area contributed by atoms with Gasteiger partial charge in [0.1, 0.15) is 29.7 Å². The van der Waals surface area contributed by atoms with E-state index in [0.717, 1.165) is 0 Å². The van der Waals surface area contributed by atoms with E-state index in [1.54, 1.807) is 6.92 Å². The molecule has 8 atom stereocenters. The highest BCUT2D eigenvalue weighted by Crippen LogP contribution is 2.90. The van der Waals surface area contributed by atoms with E-state index in [9.17, 15) is 20.2 Å². The Morgan fingerprint density at radius 3 is 2.61 bits per heavy atom.